The van der Waals surface area contributed by atoms with Crippen LogP contribution in [-0.2, 0) is 6.80 Å². The molecule has 2 aliphatic rings. The highest BCUT2D eigenvalue weighted by Crippen LogP contribution is 2.33. The second kappa shape index (κ2) is 9.31. The lowest BCUT2D eigenvalue weighted by Crippen LogP contribution is -2.49. The molecule has 5 rings (SSSR count). The number of nitrogens with zero attached hydrogens (tertiary/aromatic N) is 3. The number of halogens is 1. The third-order valence-electron chi connectivity index (χ3n) is 6.78. The first kappa shape index (κ1) is 21.6. The number of rotatable bonds is 6. The maximum Gasteiger partial charge on any atom is 0.253 e. The maximum absolute atomic E-state index is 12.7. The monoisotopic (exact) mass is 449 g/mol. The van der Waals surface area contributed by atoms with E-state index in [-0.39, 0.29) is 5.75 Å². The van der Waals surface area contributed by atoms with Gasteiger partial charge in [0.1, 0.15) is 11.6 Å². The van der Waals surface area contributed by atoms with Gasteiger partial charge in [0.15, 0.2) is 6.80 Å². The predicted octanol–water partition coefficient (Wildman–Crippen LogP) is 3.94. The van der Waals surface area contributed by atoms with Crippen molar-refractivity contribution in [2.45, 2.75) is 51.0 Å². The lowest BCUT2D eigenvalue weighted by Gasteiger charge is -2.40. The number of aromatic hydroxyl groups is 1. The number of hydrogen-bond acceptors (Lipinski definition) is 6. The van der Waals surface area contributed by atoms with Crippen molar-refractivity contribution in [2.24, 2.45) is 5.92 Å². The highest BCUT2D eigenvalue weighted by Gasteiger charge is 2.30. The van der Waals surface area contributed by atoms with E-state index in [0.29, 0.717) is 40.4 Å². The summed E-state index contributed by atoms with van der Waals surface area (Å²) < 4.78 is 13.7. The zero-order valence-corrected chi connectivity index (χ0v) is 18.4. The van der Waals surface area contributed by atoms with Gasteiger partial charge in [-0.2, -0.15) is 0 Å². The van der Waals surface area contributed by atoms with Gasteiger partial charge in [0.25, 0.3) is 5.56 Å². The fourth-order valence-electron chi connectivity index (χ4n) is 5.08. The van der Waals surface area contributed by atoms with E-state index in [1.165, 1.54) is 44.4 Å². The molecule has 8 heteroatoms. The fourth-order valence-corrected chi connectivity index (χ4v) is 5.08. The van der Waals surface area contributed by atoms with Crippen LogP contribution in [0, 0.1) is 5.92 Å². The molecule has 0 radical (unpaired) electrons. The summed E-state index contributed by atoms with van der Waals surface area (Å²) in [5, 5.41) is 26.3. The van der Waals surface area contributed by atoms with Crippen molar-refractivity contribution in [1.82, 2.24) is 20.1 Å². The second-order valence-corrected chi connectivity index (χ2v) is 9.09. The van der Waals surface area contributed by atoms with Crippen LogP contribution in [0.5, 0.6) is 5.75 Å². The summed E-state index contributed by atoms with van der Waals surface area (Å²) in [4.78, 5) is 11.9. The third kappa shape index (κ3) is 4.75. The maximum atomic E-state index is 12.7. The average molecular weight is 450 g/mol. The lowest BCUT2D eigenvalue weighted by atomic mass is 9.80. The Labute approximate surface area is 191 Å². The van der Waals surface area contributed by atoms with Gasteiger partial charge < -0.3 is 15.7 Å². The van der Waals surface area contributed by atoms with Crippen LogP contribution in [0.15, 0.2) is 53.5 Å². The Morgan fingerprint density at radius 3 is 2.52 bits per heavy atom. The highest BCUT2D eigenvalue weighted by atomic mass is 19.1. The molecule has 0 amide bonds. The molecule has 2 aliphatic heterocycles. The first-order valence-electron chi connectivity index (χ1n) is 11.5. The molecule has 2 fully saturated rings. The number of nitrogens with one attached hydrogen (secondary N) is 2. The van der Waals surface area contributed by atoms with E-state index < -0.39 is 12.4 Å². The Balaban J connectivity index is 1.25. The SMILES string of the molecule is O=c1cc(-c2ccc(-c3ccc(NCC4CC5CCCC(C4)N5)nn3)c(O)c2)ccn1CF. The second-order valence-electron chi connectivity index (χ2n) is 9.09. The molecule has 3 aromatic rings. The topological polar surface area (TPSA) is 92.1 Å². The summed E-state index contributed by atoms with van der Waals surface area (Å²) in [6, 6.07) is 13.1. The summed E-state index contributed by atoms with van der Waals surface area (Å²) in [7, 11) is 0. The van der Waals surface area contributed by atoms with E-state index in [1.54, 1.807) is 24.3 Å². The Bertz CT molecular complexity index is 1170. The Kier molecular flexibility index (Phi) is 6.09. The number of aromatic nitrogens is 3. The van der Waals surface area contributed by atoms with Gasteiger partial charge in [-0.25, -0.2) is 4.39 Å². The Hall–Kier alpha value is -3.26. The molecule has 7 nitrogen and oxygen atoms in total. The smallest absolute Gasteiger partial charge is 0.253 e. The zero-order valence-electron chi connectivity index (χ0n) is 18.4. The van der Waals surface area contributed by atoms with Crippen LogP contribution in [0.25, 0.3) is 22.4 Å². The van der Waals surface area contributed by atoms with Gasteiger partial charge in [0.2, 0.25) is 0 Å². The van der Waals surface area contributed by atoms with E-state index in [0.717, 1.165) is 16.9 Å². The molecule has 1 aromatic carbocycles. The number of alkyl halides is 1. The van der Waals surface area contributed by atoms with Gasteiger partial charge in [0, 0.05) is 36.5 Å². The van der Waals surface area contributed by atoms with Crippen LogP contribution in [0.2, 0.25) is 0 Å². The molecule has 2 unspecified atom stereocenters. The fraction of sp³-hybridized carbons (Fsp3) is 0.400. The summed E-state index contributed by atoms with van der Waals surface area (Å²) in [5.74, 6) is 1.41. The van der Waals surface area contributed by atoms with Gasteiger partial charge in [-0.1, -0.05) is 12.5 Å². The quantitative estimate of drug-likeness (QED) is 0.528. The molecular formula is C25H28FN5O2. The van der Waals surface area contributed by atoms with Crippen molar-refractivity contribution in [2.75, 3.05) is 11.9 Å². The zero-order chi connectivity index (χ0) is 22.8. The summed E-state index contributed by atoms with van der Waals surface area (Å²) in [5.41, 5.74) is 1.96. The van der Waals surface area contributed by atoms with Crippen LogP contribution >= 0.6 is 0 Å². The summed E-state index contributed by atoms with van der Waals surface area (Å²) >= 11 is 0. The Morgan fingerprint density at radius 1 is 1.06 bits per heavy atom. The summed E-state index contributed by atoms with van der Waals surface area (Å²) in [6.07, 6.45) is 7.72. The molecule has 33 heavy (non-hydrogen) atoms. The van der Waals surface area contributed by atoms with Crippen LogP contribution in [0.4, 0.5) is 10.2 Å². The third-order valence-corrected chi connectivity index (χ3v) is 6.78. The molecule has 2 atom stereocenters. The number of benzene rings is 1. The largest absolute Gasteiger partial charge is 0.507 e. The van der Waals surface area contributed by atoms with Crippen LogP contribution < -0.4 is 16.2 Å². The molecule has 0 aliphatic carbocycles. The molecule has 3 N–H and O–H groups in total. The van der Waals surface area contributed by atoms with Gasteiger partial charge >= 0.3 is 0 Å². The molecule has 0 spiro atoms. The number of piperidine rings is 2. The number of fused-ring (bicyclic) bond motifs is 2. The lowest BCUT2D eigenvalue weighted by molar-refractivity contribution is 0.192. The first-order chi connectivity index (χ1) is 16.1. The number of pyridine rings is 1. The van der Waals surface area contributed by atoms with Gasteiger partial charge in [-0.05, 0) is 73.1 Å². The molecule has 4 heterocycles. The molecule has 2 saturated heterocycles. The van der Waals surface area contributed by atoms with Gasteiger partial charge in [0.05, 0.1) is 5.69 Å². The van der Waals surface area contributed by atoms with E-state index >= 15 is 0 Å². The van der Waals surface area contributed by atoms with Crippen LogP contribution in [0.3, 0.4) is 0 Å². The number of phenolic OH excluding ortho intramolecular Hbond substituents is 1. The first-order valence-corrected chi connectivity index (χ1v) is 11.5. The van der Waals surface area contributed by atoms with Crippen molar-refractivity contribution in [3.05, 3.63) is 59.0 Å². The molecular weight excluding hydrogens is 421 g/mol. The van der Waals surface area contributed by atoms with Crippen molar-refractivity contribution < 1.29 is 9.50 Å². The molecule has 2 bridgehead atoms. The highest BCUT2D eigenvalue weighted by molar-refractivity contribution is 5.74. The normalized spacial score (nSPS) is 22.2. The van der Waals surface area contributed by atoms with Crippen molar-refractivity contribution >= 4 is 5.82 Å². The standard InChI is InChI=1S/C25H28FN5O2/c26-15-31-9-8-18(13-25(31)33)17-4-5-21(23(32)12-17)22-6-7-24(30-29-22)27-14-16-10-19-2-1-3-20(11-16)28-19/h4-9,12-13,16,19-20,28,32H,1-3,10-11,14-15H2,(H,27,30). The van der Waals surface area contributed by atoms with Crippen molar-refractivity contribution in [1.29, 1.82) is 0 Å². The van der Waals surface area contributed by atoms with Crippen LogP contribution in [-0.4, -0.2) is 38.5 Å². The van der Waals surface area contributed by atoms with E-state index in [4.69, 9.17) is 0 Å². The van der Waals surface area contributed by atoms with Crippen molar-refractivity contribution in [3.8, 4) is 28.1 Å². The Morgan fingerprint density at radius 2 is 1.85 bits per heavy atom. The predicted molar refractivity (Wildman–Crippen MR) is 126 cm³/mol. The van der Waals surface area contributed by atoms with Gasteiger partial charge in [-0.3, -0.25) is 9.36 Å². The average Bonchev–Trinajstić information content (AvgIpc) is 2.83. The van der Waals surface area contributed by atoms with Gasteiger partial charge in [-0.15, -0.1) is 10.2 Å². The van der Waals surface area contributed by atoms with E-state index in [1.807, 2.05) is 12.1 Å². The number of phenols is 1. The molecule has 0 saturated carbocycles. The van der Waals surface area contributed by atoms with E-state index in [9.17, 15) is 14.3 Å². The number of anilines is 1. The summed E-state index contributed by atoms with van der Waals surface area (Å²) in [6.45, 7) is 0.0234. The van der Waals surface area contributed by atoms with Crippen molar-refractivity contribution in [3.63, 3.8) is 0 Å². The molecule has 2 aromatic heterocycles. The van der Waals surface area contributed by atoms with Crippen LogP contribution in [0.1, 0.15) is 32.1 Å². The van der Waals surface area contributed by atoms with E-state index in [2.05, 4.69) is 20.8 Å². The number of hydrogen-bond donors (Lipinski definition) is 3. The minimum atomic E-state index is -0.869. The molecule has 172 valence electrons. The minimum Gasteiger partial charge on any atom is -0.507 e. The minimum absolute atomic E-state index is 0.0402.